The summed E-state index contributed by atoms with van der Waals surface area (Å²) in [4.78, 5) is 27.6. The van der Waals surface area contributed by atoms with Gasteiger partial charge in [0.1, 0.15) is 11.6 Å². The number of anilines is 1. The highest BCUT2D eigenvalue weighted by molar-refractivity contribution is 5.98. The van der Waals surface area contributed by atoms with Crippen LogP contribution in [0.5, 0.6) is 0 Å². The van der Waals surface area contributed by atoms with E-state index in [0.717, 1.165) is 58.1 Å². The topological polar surface area (TPSA) is 71.0 Å². The average molecular weight is 389 g/mol. The number of carbonyl (C=O) groups excluding carboxylic acids is 1. The molecule has 0 bridgehead atoms. The molecule has 3 aromatic heterocycles. The Morgan fingerprint density at radius 1 is 1.07 bits per heavy atom. The first kappa shape index (κ1) is 17.7. The molecule has 29 heavy (non-hydrogen) atoms. The van der Waals surface area contributed by atoms with Gasteiger partial charge in [-0.3, -0.25) is 14.8 Å². The number of carbonyl (C=O) groups is 1. The normalized spacial score (nSPS) is 15.1. The second-order valence-electron chi connectivity index (χ2n) is 7.59. The average Bonchev–Trinajstić information content (AvgIpc) is 3.08. The van der Waals surface area contributed by atoms with Gasteiger partial charge in [0.2, 0.25) is 0 Å². The van der Waals surface area contributed by atoms with Gasteiger partial charge in [0.25, 0.3) is 5.91 Å². The summed E-state index contributed by atoms with van der Waals surface area (Å²) >= 11 is 0. The van der Waals surface area contributed by atoms with Crippen molar-refractivity contribution in [3.8, 4) is 11.1 Å². The van der Waals surface area contributed by atoms with Crippen molar-refractivity contribution in [1.82, 2.24) is 20.3 Å². The minimum absolute atomic E-state index is 0.0564. The van der Waals surface area contributed by atoms with Gasteiger partial charge in [0.05, 0.1) is 24.0 Å². The Labute approximate surface area is 167 Å². The maximum absolute atomic E-state index is 13.7. The van der Waals surface area contributed by atoms with Gasteiger partial charge < -0.3 is 10.2 Å². The van der Waals surface area contributed by atoms with E-state index in [-0.39, 0.29) is 11.7 Å². The fourth-order valence-electron chi connectivity index (χ4n) is 4.11. The minimum atomic E-state index is -0.355. The predicted octanol–water partition coefficient (Wildman–Crippen LogP) is 3.10. The summed E-state index contributed by atoms with van der Waals surface area (Å²) in [6, 6.07) is 5.50. The number of amides is 1. The third-order valence-electron chi connectivity index (χ3n) is 5.63. The molecule has 0 fully saturated rings. The van der Waals surface area contributed by atoms with Crippen LogP contribution in [0.2, 0.25) is 0 Å². The molecule has 3 aromatic rings. The van der Waals surface area contributed by atoms with Gasteiger partial charge in [-0.05, 0) is 43.2 Å². The second-order valence-corrected chi connectivity index (χ2v) is 7.59. The molecule has 1 N–H and O–H groups in total. The van der Waals surface area contributed by atoms with E-state index in [9.17, 15) is 9.18 Å². The molecule has 2 aliphatic rings. The van der Waals surface area contributed by atoms with E-state index in [0.29, 0.717) is 18.7 Å². The molecule has 0 aliphatic carbocycles. The van der Waals surface area contributed by atoms with Gasteiger partial charge in [0, 0.05) is 48.2 Å². The summed E-state index contributed by atoms with van der Waals surface area (Å²) in [6.07, 6.45) is 3.84. The van der Waals surface area contributed by atoms with E-state index in [1.54, 1.807) is 6.20 Å². The van der Waals surface area contributed by atoms with E-state index in [2.05, 4.69) is 26.3 Å². The van der Waals surface area contributed by atoms with Gasteiger partial charge in [-0.2, -0.15) is 0 Å². The van der Waals surface area contributed by atoms with Crippen LogP contribution in [-0.4, -0.2) is 27.4 Å². The summed E-state index contributed by atoms with van der Waals surface area (Å²) in [6.45, 7) is 5.82. The Hall–Kier alpha value is -3.35. The van der Waals surface area contributed by atoms with Crippen LogP contribution in [0.1, 0.15) is 38.6 Å². The minimum Gasteiger partial charge on any atom is -0.352 e. The van der Waals surface area contributed by atoms with E-state index in [1.165, 1.54) is 12.3 Å². The molecule has 0 spiro atoms. The molecule has 146 valence electrons. The maximum Gasteiger partial charge on any atom is 0.253 e. The second kappa shape index (κ2) is 6.62. The number of aromatic nitrogens is 3. The zero-order chi connectivity index (χ0) is 20.1. The molecule has 6 nitrogen and oxygen atoms in total. The third kappa shape index (κ3) is 3.03. The Morgan fingerprint density at radius 2 is 1.93 bits per heavy atom. The van der Waals surface area contributed by atoms with Crippen LogP contribution in [0.3, 0.4) is 0 Å². The lowest BCUT2D eigenvalue weighted by Gasteiger charge is -2.31. The summed E-state index contributed by atoms with van der Waals surface area (Å²) < 4.78 is 13.7. The lowest BCUT2D eigenvalue weighted by atomic mass is 9.99. The van der Waals surface area contributed by atoms with E-state index in [4.69, 9.17) is 4.98 Å². The van der Waals surface area contributed by atoms with Crippen LogP contribution in [0.25, 0.3) is 11.1 Å². The number of hydrogen-bond donors (Lipinski definition) is 1. The smallest absolute Gasteiger partial charge is 0.253 e. The highest BCUT2D eigenvalue weighted by Gasteiger charge is 2.26. The molecule has 7 heteroatoms. The van der Waals surface area contributed by atoms with Crippen LogP contribution >= 0.6 is 0 Å². The molecular weight excluding hydrogens is 369 g/mol. The molecular formula is C22H20FN5O. The fourth-order valence-corrected chi connectivity index (χ4v) is 4.11. The van der Waals surface area contributed by atoms with Crippen molar-refractivity contribution in [2.45, 2.75) is 33.4 Å². The molecule has 0 saturated heterocycles. The number of pyridine rings is 3. The maximum atomic E-state index is 13.7. The highest BCUT2D eigenvalue weighted by atomic mass is 19.1. The van der Waals surface area contributed by atoms with Crippen molar-refractivity contribution in [2.24, 2.45) is 0 Å². The fraction of sp³-hybridized carbons (Fsp3) is 0.273. The Kier molecular flexibility index (Phi) is 4.04. The van der Waals surface area contributed by atoms with Crippen molar-refractivity contribution in [3.63, 3.8) is 0 Å². The van der Waals surface area contributed by atoms with Gasteiger partial charge in [0.15, 0.2) is 0 Å². The van der Waals surface area contributed by atoms with Crippen LogP contribution in [0, 0.1) is 19.7 Å². The van der Waals surface area contributed by atoms with E-state index >= 15 is 0 Å². The predicted molar refractivity (Wildman–Crippen MR) is 107 cm³/mol. The lowest BCUT2D eigenvalue weighted by molar-refractivity contribution is 0.0965. The molecule has 1 amide bonds. The lowest BCUT2D eigenvalue weighted by Crippen LogP contribution is -2.32. The molecule has 2 aliphatic heterocycles. The monoisotopic (exact) mass is 389 g/mol. The summed E-state index contributed by atoms with van der Waals surface area (Å²) in [5, 5.41) is 2.83. The third-order valence-corrected chi connectivity index (χ3v) is 5.63. The zero-order valence-electron chi connectivity index (χ0n) is 16.3. The summed E-state index contributed by atoms with van der Waals surface area (Å²) in [5.74, 6) is 0.491. The summed E-state index contributed by atoms with van der Waals surface area (Å²) in [5.41, 5.74) is 7.01. The number of rotatable bonds is 2. The quantitative estimate of drug-likeness (QED) is 0.729. The van der Waals surface area contributed by atoms with Gasteiger partial charge in [-0.1, -0.05) is 0 Å². The number of fused-ring (bicyclic) bond motifs is 2. The molecule has 0 unspecified atom stereocenters. The SMILES string of the molecule is Cc1cc2c(nc1N1CCc3ncc(-c4cc(F)cnc4C)cc3C1)CNC2=O. The molecule has 0 radical (unpaired) electrons. The first-order valence-electron chi connectivity index (χ1n) is 9.63. The standard InChI is InChI=1S/C22H20FN5O/c1-12-5-18-20(10-26-22(18)29)27-21(12)28-4-3-19-15(11-28)6-14(8-25-19)17-7-16(23)9-24-13(17)2/h5-9H,3-4,10-11H2,1-2H3,(H,26,29). The number of halogens is 1. The Morgan fingerprint density at radius 3 is 2.79 bits per heavy atom. The van der Waals surface area contributed by atoms with E-state index < -0.39 is 0 Å². The van der Waals surface area contributed by atoms with Gasteiger partial charge in [-0.25, -0.2) is 9.37 Å². The van der Waals surface area contributed by atoms with Crippen molar-refractivity contribution >= 4 is 11.7 Å². The zero-order valence-corrected chi connectivity index (χ0v) is 16.3. The first-order valence-corrected chi connectivity index (χ1v) is 9.63. The van der Waals surface area contributed by atoms with Gasteiger partial charge >= 0.3 is 0 Å². The van der Waals surface area contributed by atoms with Crippen molar-refractivity contribution < 1.29 is 9.18 Å². The molecule has 5 heterocycles. The van der Waals surface area contributed by atoms with Crippen molar-refractivity contribution in [2.75, 3.05) is 11.4 Å². The molecule has 0 saturated carbocycles. The number of hydrogen-bond acceptors (Lipinski definition) is 5. The largest absolute Gasteiger partial charge is 0.352 e. The number of aryl methyl sites for hydroxylation is 2. The Bertz CT molecular complexity index is 1160. The van der Waals surface area contributed by atoms with E-state index in [1.807, 2.05) is 19.9 Å². The number of nitrogens with one attached hydrogen (secondary N) is 1. The Balaban J connectivity index is 1.50. The first-order chi connectivity index (χ1) is 14.0. The van der Waals surface area contributed by atoms with Crippen molar-refractivity contribution in [3.05, 3.63) is 70.2 Å². The van der Waals surface area contributed by atoms with Crippen molar-refractivity contribution in [1.29, 1.82) is 0 Å². The highest BCUT2D eigenvalue weighted by Crippen LogP contribution is 2.30. The van der Waals surface area contributed by atoms with Crippen LogP contribution < -0.4 is 10.2 Å². The number of nitrogens with zero attached hydrogens (tertiary/aromatic N) is 4. The molecule has 0 aromatic carbocycles. The van der Waals surface area contributed by atoms with Crippen LogP contribution in [0.4, 0.5) is 10.2 Å². The van der Waals surface area contributed by atoms with Crippen LogP contribution in [0.15, 0.2) is 30.6 Å². The van der Waals surface area contributed by atoms with Gasteiger partial charge in [-0.15, -0.1) is 0 Å². The summed E-state index contributed by atoms with van der Waals surface area (Å²) in [7, 11) is 0. The molecule has 5 rings (SSSR count). The van der Waals surface area contributed by atoms with Crippen LogP contribution in [-0.2, 0) is 19.5 Å². The molecule has 0 atom stereocenters.